The summed E-state index contributed by atoms with van der Waals surface area (Å²) in [6.45, 7) is 6.77. The second-order valence-corrected chi connectivity index (χ2v) is 8.33. The molecule has 0 atom stereocenters. The standard InChI is InChI=1S/C23H22O4S/c1-14-11-16(12-15(2)21(14)27-23(3,4)22(25)26)9-10-18(24)20-13-17-7-5-6-8-19(17)28-20/h5-13H,1-4H3,(H,25,26)/b10-9+. The number of aliphatic carboxylic acids is 1. The number of benzene rings is 2. The predicted octanol–water partition coefficient (Wildman–Crippen LogP) is 5.66. The van der Waals surface area contributed by atoms with Gasteiger partial charge in [-0.1, -0.05) is 24.3 Å². The van der Waals surface area contributed by atoms with Crippen LogP contribution in [-0.4, -0.2) is 22.5 Å². The number of hydrogen-bond acceptors (Lipinski definition) is 4. The Labute approximate surface area is 168 Å². The Morgan fingerprint density at radius 1 is 1.07 bits per heavy atom. The molecular weight excluding hydrogens is 372 g/mol. The number of ether oxygens (including phenoxy) is 1. The van der Waals surface area contributed by atoms with Crippen molar-refractivity contribution in [1.82, 2.24) is 0 Å². The van der Waals surface area contributed by atoms with E-state index in [9.17, 15) is 14.7 Å². The predicted molar refractivity (Wildman–Crippen MR) is 113 cm³/mol. The lowest BCUT2D eigenvalue weighted by Crippen LogP contribution is -2.38. The summed E-state index contributed by atoms with van der Waals surface area (Å²) in [6.07, 6.45) is 3.35. The zero-order valence-corrected chi connectivity index (χ0v) is 17.1. The molecule has 2 aromatic carbocycles. The minimum absolute atomic E-state index is 0.0381. The smallest absolute Gasteiger partial charge is 0.347 e. The van der Waals surface area contributed by atoms with E-state index >= 15 is 0 Å². The molecule has 4 nitrogen and oxygen atoms in total. The zero-order chi connectivity index (χ0) is 20.5. The maximum absolute atomic E-state index is 12.5. The molecule has 0 radical (unpaired) electrons. The number of allylic oxidation sites excluding steroid dienone is 1. The van der Waals surface area contributed by atoms with Crippen LogP contribution in [0.5, 0.6) is 5.75 Å². The minimum Gasteiger partial charge on any atom is -0.478 e. The van der Waals surface area contributed by atoms with Crippen LogP contribution in [0, 0.1) is 13.8 Å². The summed E-state index contributed by atoms with van der Waals surface area (Å²) >= 11 is 1.48. The minimum atomic E-state index is -1.32. The zero-order valence-electron chi connectivity index (χ0n) is 16.3. The van der Waals surface area contributed by atoms with Crippen LogP contribution in [0.15, 0.2) is 48.5 Å². The van der Waals surface area contributed by atoms with Crippen molar-refractivity contribution in [2.45, 2.75) is 33.3 Å². The van der Waals surface area contributed by atoms with E-state index in [4.69, 9.17) is 4.74 Å². The van der Waals surface area contributed by atoms with Crippen LogP contribution in [0.4, 0.5) is 0 Å². The Morgan fingerprint density at radius 3 is 2.32 bits per heavy atom. The second-order valence-electron chi connectivity index (χ2n) is 7.25. The van der Waals surface area contributed by atoms with E-state index in [-0.39, 0.29) is 5.78 Å². The summed E-state index contributed by atoms with van der Waals surface area (Å²) < 4.78 is 6.81. The molecule has 144 valence electrons. The molecule has 0 unspecified atom stereocenters. The molecule has 0 amide bonds. The number of ketones is 1. The van der Waals surface area contributed by atoms with Gasteiger partial charge in [0.25, 0.3) is 0 Å². The lowest BCUT2D eigenvalue weighted by atomic mass is 10.0. The SMILES string of the molecule is Cc1cc(/C=C/C(=O)c2cc3ccccc3s2)cc(C)c1OC(C)(C)C(=O)O. The molecule has 5 heteroatoms. The van der Waals surface area contributed by atoms with Crippen molar-refractivity contribution in [3.8, 4) is 5.75 Å². The Kier molecular flexibility index (Phi) is 5.38. The summed E-state index contributed by atoms with van der Waals surface area (Å²) in [4.78, 5) is 24.5. The number of thiophene rings is 1. The number of carbonyl (C=O) groups excluding carboxylic acids is 1. The van der Waals surface area contributed by atoms with Gasteiger partial charge in [-0.25, -0.2) is 4.79 Å². The van der Waals surface area contributed by atoms with Crippen molar-refractivity contribution in [2.24, 2.45) is 0 Å². The van der Waals surface area contributed by atoms with Crippen molar-refractivity contribution in [3.05, 3.63) is 70.1 Å². The first-order chi connectivity index (χ1) is 13.2. The molecule has 1 heterocycles. The lowest BCUT2D eigenvalue weighted by Gasteiger charge is -2.24. The number of hydrogen-bond donors (Lipinski definition) is 1. The van der Waals surface area contributed by atoms with Crippen molar-refractivity contribution >= 4 is 39.3 Å². The Balaban J connectivity index is 1.82. The molecule has 1 aromatic heterocycles. The molecule has 3 aromatic rings. The van der Waals surface area contributed by atoms with Crippen molar-refractivity contribution in [2.75, 3.05) is 0 Å². The first-order valence-electron chi connectivity index (χ1n) is 8.92. The number of aryl methyl sites for hydroxylation is 2. The monoisotopic (exact) mass is 394 g/mol. The molecule has 0 bridgehead atoms. The van der Waals surface area contributed by atoms with Gasteiger partial charge in [-0.2, -0.15) is 0 Å². The Bertz CT molecular complexity index is 1030. The van der Waals surface area contributed by atoms with Crippen LogP contribution in [0.25, 0.3) is 16.2 Å². The van der Waals surface area contributed by atoms with Gasteiger partial charge in [0.15, 0.2) is 11.4 Å². The fourth-order valence-corrected chi connectivity index (χ4v) is 3.88. The van der Waals surface area contributed by atoms with Gasteiger partial charge >= 0.3 is 5.97 Å². The highest BCUT2D eigenvalue weighted by molar-refractivity contribution is 7.21. The van der Waals surface area contributed by atoms with Crippen LogP contribution in [0.2, 0.25) is 0 Å². The molecule has 0 aliphatic heterocycles. The average molecular weight is 394 g/mol. The molecular formula is C23H22O4S. The van der Waals surface area contributed by atoms with Crippen LogP contribution in [0.1, 0.15) is 40.2 Å². The first kappa shape index (κ1) is 19.8. The highest BCUT2D eigenvalue weighted by Gasteiger charge is 2.30. The third-order valence-corrected chi connectivity index (χ3v) is 5.58. The molecule has 0 aliphatic rings. The molecule has 0 fully saturated rings. The van der Waals surface area contributed by atoms with Gasteiger partial charge in [0.1, 0.15) is 5.75 Å². The van der Waals surface area contributed by atoms with E-state index in [1.807, 2.05) is 56.3 Å². The Hall–Kier alpha value is -2.92. The van der Waals surface area contributed by atoms with E-state index < -0.39 is 11.6 Å². The summed E-state index contributed by atoms with van der Waals surface area (Å²) in [5.41, 5.74) is 1.20. The third kappa shape index (κ3) is 4.15. The highest BCUT2D eigenvalue weighted by Crippen LogP contribution is 2.30. The van der Waals surface area contributed by atoms with Gasteiger partial charge < -0.3 is 9.84 Å². The maximum atomic E-state index is 12.5. The van der Waals surface area contributed by atoms with Gasteiger partial charge in [0.05, 0.1) is 4.88 Å². The first-order valence-corrected chi connectivity index (χ1v) is 9.73. The van der Waals surface area contributed by atoms with E-state index in [0.717, 1.165) is 26.8 Å². The van der Waals surface area contributed by atoms with Crippen LogP contribution in [0.3, 0.4) is 0 Å². The van der Waals surface area contributed by atoms with Crippen molar-refractivity contribution in [3.63, 3.8) is 0 Å². The normalized spacial score (nSPS) is 11.9. The number of fused-ring (bicyclic) bond motifs is 1. The fourth-order valence-electron chi connectivity index (χ4n) is 2.90. The van der Waals surface area contributed by atoms with Gasteiger partial charge in [0, 0.05) is 4.70 Å². The number of carboxylic acid groups (broad SMARTS) is 1. The van der Waals surface area contributed by atoms with E-state index in [1.54, 1.807) is 12.2 Å². The van der Waals surface area contributed by atoms with Gasteiger partial charge in [0.2, 0.25) is 0 Å². The molecule has 0 saturated heterocycles. The topological polar surface area (TPSA) is 63.6 Å². The number of rotatable bonds is 6. The average Bonchev–Trinajstić information content (AvgIpc) is 3.07. The van der Waals surface area contributed by atoms with Gasteiger partial charge in [-0.05, 0) is 80.1 Å². The van der Waals surface area contributed by atoms with Crippen LogP contribution in [-0.2, 0) is 4.79 Å². The van der Waals surface area contributed by atoms with E-state index in [1.165, 1.54) is 25.2 Å². The van der Waals surface area contributed by atoms with Gasteiger partial charge in [-0.15, -0.1) is 11.3 Å². The molecule has 0 saturated carbocycles. The summed E-state index contributed by atoms with van der Waals surface area (Å²) in [7, 11) is 0. The van der Waals surface area contributed by atoms with Crippen molar-refractivity contribution < 1.29 is 19.4 Å². The molecule has 1 N–H and O–H groups in total. The molecule has 0 aliphatic carbocycles. The highest BCUT2D eigenvalue weighted by atomic mass is 32.1. The molecule has 0 spiro atoms. The van der Waals surface area contributed by atoms with Crippen molar-refractivity contribution in [1.29, 1.82) is 0 Å². The third-order valence-electron chi connectivity index (χ3n) is 4.45. The fraction of sp³-hybridized carbons (Fsp3) is 0.217. The van der Waals surface area contributed by atoms with Crippen LogP contribution < -0.4 is 4.74 Å². The van der Waals surface area contributed by atoms with E-state index in [2.05, 4.69) is 0 Å². The van der Waals surface area contributed by atoms with Gasteiger partial charge in [-0.3, -0.25) is 4.79 Å². The molecule has 3 rings (SSSR count). The van der Waals surface area contributed by atoms with Crippen LogP contribution >= 0.6 is 11.3 Å². The maximum Gasteiger partial charge on any atom is 0.347 e. The summed E-state index contributed by atoms with van der Waals surface area (Å²) in [6, 6.07) is 13.6. The lowest BCUT2D eigenvalue weighted by molar-refractivity contribution is -0.152. The summed E-state index contributed by atoms with van der Waals surface area (Å²) in [5, 5.41) is 10.3. The number of carbonyl (C=O) groups is 2. The second kappa shape index (κ2) is 7.60. The molecule has 28 heavy (non-hydrogen) atoms. The summed E-state index contributed by atoms with van der Waals surface area (Å²) in [5.74, 6) is -0.506. The number of carboxylic acids is 1. The van der Waals surface area contributed by atoms with E-state index in [0.29, 0.717) is 10.6 Å². The Morgan fingerprint density at radius 2 is 1.71 bits per heavy atom. The quantitative estimate of drug-likeness (QED) is 0.433. The largest absolute Gasteiger partial charge is 0.478 e.